The molecule has 31 heavy (non-hydrogen) atoms. The number of benzene rings is 2. The van der Waals surface area contributed by atoms with Gasteiger partial charge in [-0.2, -0.15) is 5.10 Å². The first-order valence-electron chi connectivity index (χ1n) is 9.92. The van der Waals surface area contributed by atoms with Crippen molar-refractivity contribution in [2.24, 2.45) is 0 Å². The first-order valence-corrected chi connectivity index (χ1v) is 10.3. The van der Waals surface area contributed by atoms with Gasteiger partial charge in [-0.05, 0) is 43.7 Å². The molecule has 0 aliphatic rings. The second-order valence-electron chi connectivity index (χ2n) is 7.54. The number of nitrogens with one attached hydrogen (secondary N) is 1. The lowest BCUT2D eigenvalue weighted by molar-refractivity contribution is 0.0952. The van der Waals surface area contributed by atoms with E-state index >= 15 is 0 Å². The minimum Gasteiger partial charge on any atom is -0.350 e. The number of halogens is 1. The minimum atomic E-state index is -0.171. The second kappa shape index (κ2) is 8.73. The second-order valence-corrected chi connectivity index (χ2v) is 7.98. The van der Waals surface area contributed by atoms with Gasteiger partial charge < -0.3 is 5.32 Å². The molecule has 1 N–H and O–H groups in total. The average molecular weight is 436 g/mol. The molecule has 0 bridgehead atoms. The molecule has 0 spiro atoms. The third-order valence-corrected chi connectivity index (χ3v) is 5.19. The first-order chi connectivity index (χ1) is 14.9. The lowest BCUT2D eigenvalue weighted by Crippen LogP contribution is -2.28. The van der Waals surface area contributed by atoms with Crippen molar-refractivity contribution in [1.29, 1.82) is 0 Å². The molecular formula is C23H22ClN5O2. The van der Waals surface area contributed by atoms with Crippen LogP contribution in [0.3, 0.4) is 0 Å². The summed E-state index contributed by atoms with van der Waals surface area (Å²) in [5.74, 6) is -0.139. The molecule has 0 fully saturated rings. The average Bonchev–Trinajstić information content (AvgIpc) is 3.13. The van der Waals surface area contributed by atoms with E-state index in [9.17, 15) is 9.59 Å². The zero-order chi connectivity index (χ0) is 22.0. The van der Waals surface area contributed by atoms with Crippen molar-refractivity contribution in [2.75, 3.05) is 6.54 Å². The summed E-state index contributed by atoms with van der Waals surface area (Å²) in [6.07, 6.45) is 3.03. The standard InChI is InChI=1S/C23H22ClN5O2/c1-15-8-16(2)10-18(9-15)22(30)25-6-7-29-21-20(12-27-29)23(31)28(14-26-21)13-17-4-3-5-19(24)11-17/h3-5,8-12,14H,6-7,13H2,1-2H3,(H,25,30). The molecule has 158 valence electrons. The fourth-order valence-electron chi connectivity index (χ4n) is 3.59. The maximum atomic E-state index is 12.8. The summed E-state index contributed by atoms with van der Waals surface area (Å²) in [7, 11) is 0. The van der Waals surface area contributed by atoms with Crippen molar-refractivity contribution in [3.63, 3.8) is 0 Å². The van der Waals surface area contributed by atoms with E-state index in [0.29, 0.717) is 41.3 Å². The van der Waals surface area contributed by atoms with Gasteiger partial charge in [0.15, 0.2) is 5.65 Å². The Balaban J connectivity index is 1.46. The van der Waals surface area contributed by atoms with Crippen LogP contribution in [0.1, 0.15) is 27.0 Å². The van der Waals surface area contributed by atoms with Gasteiger partial charge in [0.05, 0.1) is 19.3 Å². The van der Waals surface area contributed by atoms with Crippen molar-refractivity contribution >= 4 is 28.5 Å². The van der Waals surface area contributed by atoms with Crippen LogP contribution in [0.25, 0.3) is 11.0 Å². The first kappa shape index (κ1) is 20.8. The fraction of sp³-hybridized carbons (Fsp3) is 0.217. The van der Waals surface area contributed by atoms with Crippen molar-refractivity contribution in [1.82, 2.24) is 24.6 Å². The van der Waals surface area contributed by atoms with Crippen LogP contribution < -0.4 is 10.9 Å². The van der Waals surface area contributed by atoms with Crippen LogP contribution in [0.2, 0.25) is 5.02 Å². The van der Waals surface area contributed by atoms with Gasteiger partial charge in [-0.3, -0.25) is 14.2 Å². The smallest absolute Gasteiger partial charge is 0.264 e. The largest absolute Gasteiger partial charge is 0.350 e. The third-order valence-electron chi connectivity index (χ3n) is 4.96. The zero-order valence-electron chi connectivity index (χ0n) is 17.3. The van der Waals surface area contributed by atoms with Crippen molar-refractivity contribution in [3.8, 4) is 0 Å². The van der Waals surface area contributed by atoms with Gasteiger partial charge in [-0.15, -0.1) is 0 Å². The molecule has 2 aromatic carbocycles. The Labute approximate surface area is 184 Å². The topological polar surface area (TPSA) is 81.8 Å². The summed E-state index contributed by atoms with van der Waals surface area (Å²) >= 11 is 6.03. The quantitative estimate of drug-likeness (QED) is 0.503. The van der Waals surface area contributed by atoms with Gasteiger partial charge in [-0.25, -0.2) is 9.67 Å². The van der Waals surface area contributed by atoms with E-state index in [4.69, 9.17) is 11.6 Å². The van der Waals surface area contributed by atoms with Crippen LogP contribution in [-0.4, -0.2) is 31.8 Å². The van der Waals surface area contributed by atoms with E-state index in [-0.39, 0.29) is 11.5 Å². The van der Waals surface area contributed by atoms with E-state index in [1.807, 2.05) is 50.2 Å². The number of rotatable bonds is 6. The molecular weight excluding hydrogens is 414 g/mol. The van der Waals surface area contributed by atoms with Crippen molar-refractivity contribution in [2.45, 2.75) is 26.9 Å². The van der Waals surface area contributed by atoms with Crippen LogP contribution in [0.15, 0.2) is 59.8 Å². The number of aromatic nitrogens is 4. The molecule has 8 heteroatoms. The van der Waals surface area contributed by atoms with E-state index in [0.717, 1.165) is 16.7 Å². The SMILES string of the molecule is Cc1cc(C)cc(C(=O)NCCn2ncc3c(=O)n(Cc4cccc(Cl)c4)cnc32)c1. The van der Waals surface area contributed by atoms with Crippen molar-refractivity contribution < 1.29 is 4.79 Å². The Morgan fingerprint density at radius 2 is 1.90 bits per heavy atom. The molecule has 4 rings (SSSR count). The highest BCUT2D eigenvalue weighted by Gasteiger charge is 2.12. The normalized spacial score (nSPS) is 11.1. The van der Waals surface area contributed by atoms with E-state index < -0.39 is 0 Å². The summed E-state index contributed by atoms with van der Waals surface area (Å²) in [5, 5.41) is 8.24. The predicted molar refractivity (Wildman–Crippen MR) is 121 cm³/mol. The summed E-state index contributed by atoms with van der Waals surface area (Å²) in [5.41, 5.74) is 3.95. The maximum Gasteiger partial charge on any atom is 0.264 e. The number of aryl methyl sites for hydroxylation is 2. The molecule has 0 aliphatic heterocycles. The molecule has 0 saturated carbocycles. The van der Waals surface area contributed by atoms with Crippen molar-refractivity contribution in [3.05, 3.63) is 92.6 Å². The van der Waals surface area contributed by atoms with Crippen LogP contribution in [-0.2, 0) is 13.1 Å². The Kier molecular flexibility index (Phi) is 5.86. The number of fused-ring (bicyclic) bond motifs is 1. The Morgan fingerprint density at radius 1 is 1.13 bits per heavy atom. The highest BCUT2D eigenvalue weighted by atomic mass is 35.5. The minimum absolute atomic E-state index is 0.139. The van der Waals surface area contributed by atoms with Gasteiger partial charge in [0.25, 0.3) is 11.5 Å². The monoisotopic (exact) mass is 435 g/mol. The Morgan fingerprint density at radius 3 is 2.65 bits per heavy atom. The van der Waals surface area contributed by atoms with Crippen LogP contribution in [0.5, 0.6) is 0 Å². The molecule has 1 amide bonds. The highest BCUT2D eigenvalue weighted by molar-refractivity contribution is 6.30. The molecule has 0 aliphatic carbocycles. The molecule has 0 radical (unpaired) electrons. The molecule has 0 unspecified atom stereocenters. The third kappa shape index (κ3) is 4.67. The molecule has 0 atom stereocenters. The lowest BCUT2D eigenvalue weighted by atomic mass is 10.1. The predicted octanol–water partition coefficient (Wildman–Crippen LogP) is 3.34. The van der Waals surface area contributed by atoms with Gasteiger partial charge in [0.2, 0.25) is 0 Å². The number of hydrogen-bond acceptors (Lipinski definition) is 4. The Hall–Kier alpha value is -3.45. The summed E-state index contributed by atoms with van der Waals surface area (Å²) < 4.78 is 3.16. The number of hydrogen-bond donors (Lipinski definition) is 1. The number of nitrogens with zero attached hydrogens (tertiary/aromatic N) is 4. The molecule has 0 saturated heterocycles. The van der Waals surface area contributed by atoms with Gasteiger partial charge in [-0.1, -0.05) is 40.9 Å². The number of carbonyl (C=O) groups is 1. The van der Waals surface area contributed by atoms with Crippen LogP contribution in [0, 0.1) is 13.8 Å². The summed E-state index contributed by atoms with van der Waals surface area (Å²) in [4.78, 5) is 29.7. The van der Waals surface area contributed by atoms with Gasteiger partial charge in [0, 0.05) is 17.1 Å². The maximum absolute atomic E-state index is 12.8. The lowest BCUT2D eigenvalue weighted by Gasteiger charge is -2.09. The zero-order valence-corrected chi connectivity index (χ0v) is 18.1. The molecule has 7 nitrogen and oxygen atoms in total. The van der Waals surface area contributed by atoms with Gasteiger partial charge >= 0.3 is 0 Å². The van der Waals surface area contributed by atoms with Crippen LogP contribution in [0.4, 0.5) is 0 Å². The van der Waals surface area contributed by atoms with E-state index in [2.05, 4.69) is 15.4 Å². The fourth-order valence-corrected chi connectivity index (χ4v) is 3.80. The molecule has 2 aromatic heterocycles. The Bertz CT molecular complexity index is 1310. The molecule has 4 aromatic rings. The highest BCUT2D eigenvalue weighted by Crippen LogP contribution is 2.12. The molecule has 2 heterocycles. The summed E-state index contributed by atoms with van der Waals surface area (Å²) in [6.45, 7) is 5.08. The van der Waals surface area contributed by atoms with Gasteiger partial charge in [0.1, 0.15) is 11.7 Å². The van der Waals surface area contributed by atoms with E-state index in [1.165, 1.54) is 17.1 Å². The number of amides is 1. The van der Waals surface area contributed by atoms with E-state index in [1.54, 1.807) is 10.7 Å². The number of carbonyl (C=O) groups excluding carboxylic acids is 1. The van der Waals surface area contributed by atoms with Crippen LogP contribution >= 0.6 is 11.6 Å². The summed E-state index contributed by atoms with van der Waals surface area (Å²) in [6, 6.07) is 13.1.